The zero-order valence-corrected chi connectivity index (χ0v) is 11.7. The first kappa shape index (κ1) is 12.4. The first-order valence-electron chi connectivity index (χ1n) is 6.21. The van der Waals surface area contributed by atoms with Crippen molar-refractivity contribution >= 4 is 22.3 Å². The van der Waals surface area contributed by atoms with Gasteiger partial charge in [0.1, 0.15) is 17.4 Å². The molecule has 0 bridgehead atoms. The van der Waals surface area contributed by atoms with Crippen LogP contribution in [0.5, 0.6) is 0 Å². The fraction of sp³-hybridized carbons (Fsp3) is 0.267. The van der Waals surface area contributed by atoms with Crippen LogP contribution in [0.15, 0.2) is 34.1 Å². The SMILES string of the molecule is Cc1nc(CC(O)c2cc3cccc(C)c3o2)cs1. The van der Waals surface area contributed by atoms with Crippen molar-refractivity contribution in [3.63, 3.8) is 0 Å². The molecule has 2 aromatic heterocycles. The van der Waals surface area contributed by atoms with Crippen molar-refractivity contribution in [1.29, 1.82) is 0 Å². The van der Waals surface area contributed by atoms with Gasteiger partial charge in [-0.05, 0) is 25.5 Å². The summed E-state index contributed by atoms with van der Waals surface area (Å²) in [7, 11) is 0. The van der Waals surface area contributed by atoms with Gasteiger partial charge in [0.25, 0.3) is 0 Å². The van der Waals surface area contributed by atoms with E-state index in [0.717, 1.165) is 27.2 Å². The standard InChI is InChI=1S/C15H15NO2S/c1-9-4-3-5-11-6-14(18-15(9)11)13(17)7-12-8-19-10(2)16-12/h3-6,8,13,17H,7H2,1-2H3. The summed E-state index contributed by atoms with van der Waals surface area (Å²) in [5.74, 6) is 0.606. The number of nitrogens with zero attached hydrogens (tertiary/aromatic N) is 1. The minimum Gasteiger partial charge on any atom is -0.458 e. The molecule has 0 amide bonds. The molecule has 98 valence electrons. The van der Waals surface area contributed by atoms with E-state index in [1.807, 2.05) is 43.5 Å². The Morgan fingerprint density at radius 1 is 1.37 bits per heavy atom. The lowest BCUT2D eigenvalue weighted by Gasteiger charge is -2.04. The van der Waals surface area contributed by atoms with Gasteiger partial charge in [-0.15, -0.1) is 11.3 Å². The van der Waals surface area contributed by atoms with Crippen molar-refractivity contribution in [2.75, 3.05) is 0 Å². The number of fused-ring (bicyclic) bond motifs is 1. The maximum Gasteiger partial charge on any atom is 0.137 e. The molecule has 3 nitrogen and oxygen atoms in total. The zero-order chi connectivity index (χ0) is 13.4. The Morgan fingerprint density at radius 3 is 2.89 bits per heavy atom. The molecule has 3 aromatic rings. The Balaban J connectivity index is 1.89. The molecule has 0 saturated carbocycles. The van der Waals surface area contributed by atoms with Crippen molar-refractivity contribution in [1.82, 2.24) is 4.98 Å². The molecule has 0 aliphatic carbocycles. The first-order chi connectivity index (χ1) is 9.13. The highest BCUT2D eigenvalue weighted by atomic mass is 32.1. The topological polar surface area (TPSA) is 46.3 Å². The van der Waals surface area contributed by atoms with Crippen molar-refractivity contribution in [3.8, 4) is 0 Å². The number of aliphatic hydroxyl groups excluding tert-OH is 1. The third-order valence-electron chi connectivity index (χ3n) is 3.16. The van der Waals surface area contributed by atoms with E-state index >= 15 is 0 Å². The summed E-state index contributed by atoms with van der Waals surface area (Å²) >= 11 is 1.60. The Morgan fingerprint density at radius 2 is 2.21 bits per heavy atom. The summed E-state index contributed by atoms with van der Waals surface area (Å²) in [5.41, 5.74) is 2.85. The second-order valence-corrected chi connectivity index (χ2v) is 5.78. The van der Waals surface area contributed by atoms with Gasteiger partial charge in [-0.3, -0.25) is 0 Å². The Kier molecular flexibility index (Phi) is 3.12. The number of aliphatic hydroxyl groups is 1. The van der Waals surface area contributed by atoms with E-state index in [0.29, 0.717) is 12.2 Å². The van der Waals surface area contributed by atoms with E-state index in [4.69, 9.17) is 4.42 Å². The number of hydrogen-bond donors (Lipinski definition) is 1. The van der Waals surface area contributed by atoms with Crippen molar-refractivity contribution < 1.29 is 9.52 Å². The number of aromatic nitrogens is 1. The summed E-state index contributed by atoms with van der Waals surface area (Å²) in [6, 6.07) is 7.90. The monoisotopic (exact) mass is 273 g/mol. The summed E-state index contributed by atoms with van der Waals surface area (Å²) in [6.45, 7) is 3.97. The van der Waals surface area contributed by atoms with Gasteiger partial charge in [-0.1, -0.05) is 18.2 Å². The molecular formula is C15H15NO2S. The lowest BCUT2D eigenvalue weighted by molar-refractivity contribution is 0.151. The van der Waals surface area contributed by atoms with Gasteiger partial charge in [-0.2, -0.15) is 0 Å². The summed E-state index contributed by atoms with van der Waals surface area (Å²) in [6.07, 6.45) is -0.156. The van der Waals surface area contributed by atoms with Gasteiger partial charge in [0.2, 0.25) is 0 Å². The highest BCUT2D eigenvalue weighted by molar-refractivity contribution is 7.09. The fourth-order valence-electron chi connectivity index (χ4n) is 2.19. The maximum atomic E-state index is 10.2. The molecule has 1 unspecified atom stereocenters. The van der Waals surface area contributed by atoms with Crippen molar-refractivity contribution in [2.24, 2.45) is 0 Å². The van der Waals surface area contributed by atoms with Gasteiger partial charge in [0.05, 0.1) is 10.7 Å². The van der Waals surface area contributed by atoms with Crippen LogP contribution in [-0.2, 0) is 6.42 Å². The molecule has 19 heavy (non-hydrogen) atoms. The Labute approximate surface area is 115 Å². The molecule has 2 heterocycles. The molecule has 0 radical (unpaired) electrons. The quantitative estimate of drug-likeness (QED) is 0.790. The predicted molar refractivity (Wildman–Crippen MR) is 76.5 cm³/mol. The average molecular weight is 273 g/mol. The van der Waals surface area contributed by atoms with E-state index in [2.05, 4.69) is 4.98 Å². The van der Waals surface area contributed by atoms with Crippen LogP contribution in [0, 0.1) is 13.8 Å². The minimum absolute atomic E-state index is 0.489. The van der Waals surface area contributed by atoms with E-state index in [1.165, 1.54) is 0 Å². The van der Waals surface area contributed by atoms with Gasteiger partial charge in [-0.25, -0.2) is 4.98 Å². The molecule has 0 aliphatic rings. The zero-order valence-electron chi connectivity index (χ0n) is 10.9. The fourth-order valence-corrected chi connectivity index (χ4v) is 2.82. The molecule has 0 aliphatic heterocycles. The number of thiazole rings is 1. The second-order valence-electron chi connectivity index (χ2n) is 4.72. The van der Waals surface area contributed by atoms with Crippen LogP contribution in [-0.4, -0.2) is 10.1 Å². The van der Waals surface area contributed by atoms with Crippen LogP contribution in [0.3, 0.4) is 0 Å². The molecule has 3 rings (SSSR count). The molecular weight excluding hydrogens is 258 g/mol. The van der Waals surface area contributed by atoms with Gasteiger partial charge < -0.3 is 9.52 Å². The van der Waals surface area contributed by atoms with E-state index in [1.54, 1.807) is 11.3 Å². The number of benzene rings is 1. The highest BCUT2D eigenvalue weighted by Crippen LogP contribution is 2.28. The second kappa shape index (κ2) is 4.79. The molecule has 1 aromatic carbocycles. The number of furan rings is 1. The Bertz CT molecular complexity index is 714. The number of aryl methyl sites for hydroxylation is 2. The largest absolute Gasteiger partial charge is 0.458 e. The third-order valence-corrected chi connectivity index (χ3v) is 3.98. The third kappa shape index (κ3) is 2.41. The van der Waals surface area contributed by atoms with E-state index in [9.17, 15) is 5.11 Å². The summed E-state index contributed by atoms with van der Waals surface area (Å²) < 4.78 is 5.77. The van der Waals surface area contributed by atoms with E-state index < -0.39 is 6.10 Å². The smallest absolute Gasteiger partial charge is 0.137 e. The molecule has 1 N–H and O–H groups in total. The van der Waals surface area contributed by atoms with Gasteiger partial charge in [0, 0.05) is 17.2 Å². The highest BCUT2D eigenvalue weighted by Gasteiger charge is 2.16. The minimum atomic E-state index is -0.645. The summed E-state index contributed by atoms with van der Waals surface area (Å²) in [5, 5.41) is 14.3. The predicted octanol–water partition coefficient (Wildman–Crippen LogP) is 3.78. The molecule has 4 heteroatoms. The molecule has 0 fully saturated rings. The van der Waals surface area contributed by atoms with Crippen LogP contribution in [0.4, 0.5) is 0 Å². The van der Waals surface area contributed by atoms with Crippen molar-refractivity contribution in [2.45, 2.75) is 26.4 Å². The van der Waals surface area contributed by atoms with Gasteiger partial charge >= 0.3 is 0 Å². The molecule has 0 spiro atoms. The number of hydrogen-bond acceptors (Lipinski definition) is 4. The van der Waals surface area contributed by atoms with Gasteiger partial charge in [0.15, 0.2) is 0 Å². The van der Waals surface area contributed by atoms with Crippen LogP contribution < -0.4 is 0 Å². The first-order valence-corrected chi connectivity index (χ1v) is 7.09. The lowest BCUT2D eigenvalue weighted by Crippen LogP contribution is -2.00. The van der Waals surface area contributed by atoms with Crippen LogP contribution in [0.2, 0.25) is 0 Å². The van der Waals surface area contributed by atoms with Crippen LogP contribution in [0.1, 0.15) is 28.1 Å². The lowest BCUT2D eigenvalue weighted by atomic mass is 10.1. The number of rotatable bonds is 3. The average Bonchev–Trinajstić information content (AvgIpc) is 2.96. The Hall–Kier alpha value is -1.65. The van der Waals surface area contributed by atoms with E-state index in [-0.39, 0.29) is 0 Å². The normalized spacial score (nSPS) is 13.0. The number of para-hydroxylation sites is 1. The van der Waals surface area contributed by atoms with Crippen LogP contribution in [0.25, 0.3) is 11.0 Å². The van der Waals surface area contributed by atoms with Crippen LogP contribution >= 0.6 is 11.3 Å². The maximum absolute atomic E-state index is 10.2. The molecule has 1 atom stereocenters. The molecule has 0 saturated heterocycles. The summed E-state index contributed by atoms with van der Waals surface area (Å²) in [4.78, 5) is 4.36. The van der Waals surface area contributed by atoms with Crippen molar-refractivity contribution in [3.05, 3.63) is 51.7 Å².